The minimum Gasteiger partial charge on any atom is -0.497 e. The number of amides is 2. The Hall–Kier alpha value is -4.60. The van der Waals surface area contributed by atoms with Gasteiger partial charge in [-0.1, -0.05) is 23.7 Å². The summed E-state index contributed by atoms with van der Waals surface area (Å²) in [5.41, 5.74) is 6.66. The van der Waals surface area contributed by atoms with Crippen LogP contribution < -0.4 is 20.8 Å². The number of hydrogen-bond donors (Lipinski definition) is 3. The second kappa shape index (κ2) is 12.1. The number of carbonyl (C=O) groups excluding carboxylic acids is 2. The zero-order valence-corrected chi connectivity index (χ0v) is 23.1. The SMILES string of the molecule is COc1ccc2nc3cc(Cl)ccc3c(Nc3ccc(NC(=O)C(=O)N/N=C/c4ccc(SC)cc4)cc3)c2c1. The van der Waals surface area contributed by atoms with E-state index >= 15 is 0 Å². The first-order valence-electron chi connectivity index (χ1n) is 12.2. The third kappa shape index (κ3) is 6.17. The molecule has 200 valence electrons. The van der Waals surface area contributed by atoms with Gasteiger partial charge < -0.3 is 15.4 Å². The number of nitrogens with one attached hydrogen (secondary N) is 3. The number of benzene rings is 4. The van der Waals surface area contributed by atoms with Gasteiger partial charge in [-0.2, -0.15) is 5.10 Å². The second-order valence-electron chi connectivity index (χ2n) is 8.66. The van der Waals surface area contributed by atoms with E-state index in [4.69, 9.17) is 21.3 Å². The van der Waals surface area contributed by atoms with Crippen molar-refractivity contribution >= 4 is 80.3 Å². The van der Waals surface area contributed by atoms with Gasteiger partial charge in [0.2, 0.25) is 0 Å². The van der Waals surface area contributed by atoms with Crippen LogP contribution in [0.25, 0.3) is 21.8 Å². The molecule has 0 saturated carbocycles. The molecule has 0 bridgehead atoms. The fourth-order valence-electron chi connectivity index (χ4n) is 4.03. The molecule has 0 unspecified atom stereocenters. The van der Waals surface area contributed by atoms with Crippen LogP contribution in [-0.4, -0.2) is 36.4 Å². The second-order valence-corrected chi connectivity index (χ2v) is 9.98. The predicted molar refractivity (Wildman–Crippen MR) is 163 cm³/mol. The summed E-state index contributed by atoms with van der Waals surface area (Å²) in [6.45, 7) is 0. The zero-order chi connectivity index (χ0) is 28.1. The normalized spacial score (nSPS) is 11.1. The minimum absolute atomic E-state index is 0.459. The first-order valence-corrected chi connectivity index (χ1v) is 13.8. The Morgan fingerprint density at radius 1 is 0.875 bits per heavy atom. The van der Waals surface area contributed by atoms with E-state index in [0.717, 1.165) is 43.6 Å². The first kappa shape index (κ1) is 27.0. The van der Waals surface area contributed by atoms with Gasteiger partial charge >= 0.3 is 11.8 Å². The topological polar surface area (TPSA) is 105 Å². The number of nitrogens with zero attached hydrogens (tertiary/aromatic N) is 2. The van der Waals surface area contributed by atoms with Crippen LogP contribution in [0.5, 0.6) is 5.75 Å². The van der Waals surface area contributed by atoms with E-state index in [1.165, 1.54) is 6.21 Å². The summed E-state index contributed by atoms with van der Waals surface area (Å²) in [5, 5.41) is 12.3. The lowest BCUT2D eigenvalue weighted by Gasteiger charge is -2.15. The summed E-state index contributed by atoms with van der Waals surface area (Å²) in [6.07, 6.45) is 3.47. The molecular formula is C30H24ClN5O3S. The largest absolute Gasteiger partial charge is 0.497 e. The molecule has 0 aliphatic rings. The van der Waals surface area contributed by atoms with Crippen molar-refractivity contribution in [1.82, 2.24) is 10.4 Å². The van der Waals surface area contributed by atoms with Crippen molar-refractivity contribution in [2.75, 3.05) is 24.0 Å². The number of anilines is 3. The number of aromatic nitrogens is 1. The molecule has 1 aromatic heterocycles. The van der Waals surface area contributed by atoms with E-state index in [1.807, 2.05) is 66.9 Å². The molecule has 0 radical (unpaired) electrons. The van der Waals surface area contributed by atoms with Crippen molar-refractivity contribution in [1.29, 1.82) is 0 Å². The maximum Gasteiger partial charge on any atom is 0.329 e. The number of hydrazone groups is 1. The number of methoxy groups -OCH3 is 1. The van der Waals surface area contributed by atoms with Crippen LogP contribution in [0, 0.1) is 0 Å². The van der Waals surface area contributed by atoms with Gasteiger partial charge in [0.25, 0.3) is 0 Å². The highest BCUT2D eigenvalue weighted by atomic mass is 35.5. The van der Waals surface area contributed by atoms with Crippen molar-refractivity contribution in [3.05, 3.63) is 95.5 Å². The van der Waals surface area contributed by atoms with Crippen molar-refractivity contribution in [3.8, 4) is 5.75 Å². The summed E-state index contributed by atoms with van der Waals surface area (Å²) >= 11 is 7.86. The molecule has 3 N–H and O–H groups in total. The number of thioether (sulfide) groups is 1. The molecule has 5 rings (SSSR count). The Kier molecular flexibility index (Phi) is 8.14. The molecule has 0 fully saturated rings. The van der Waals surface area contributed by atoms with Gasteiger partial charge in [-0.15, -0.1) is 11.8 Å². The maximum atomic E-state index is 12.4. The van der Waals surface area contributed by atoms with Crippen LogP contribution in [-0.2, 0) is 9.59 Å². The molecule has 4 aromatic carbocycles. The molecule has 2 amide bonds. The Bertz CT molecular complexity index is 1740. The summed E-state index contributed by atoms with van der Waals surface area (Å²) in [4.78, 5) is 30.4. The lowest BCUT2D eigenvalue weighted by molar-refractivity contribution is -0.136. The molecule has 0 saturated heterocycles. The summed E-state index contributed by atoms with van der Waals surface area (Å²) < 4.78 is 5.43. The average molecular weight is 570 g/mol. The van der Waals surface area contributed by atoms with Crippen molar-refractivity contribution < 1.29 is 14.3 Å². The highest BCUT2D eigenvalue weighted by molar-refractivity contribution is 7.98. The third-order valence-corrected chi connectivity index (χ3v) is 7.04. The molecule has 5 aromatic rings. The molecule has 0 atom stereocenters. The van der Waals surface area contributed by atoms with Gasteiger partial charge in [0.15, 0.2) is 0 Å². The lowest BCUT2D eigenvalue weighted by atomic mass is 10.1. The smallest absolute Gasteiger partial charge is 0.329 e. The molecule has 0 aliphatic heterocycles. The Morgan fingerprint density at radius 2 is 1.62 bits per heavy atom. The van der Waals surface area contributed by atoms with Crippen molar-refractivity contribution in [3.63, 3.8) is 0 Å². The van der Waals surface area contributed by atoms with E-state index in [2.05, 4.69) is 21.2 Å². The van der Waals surface area contributed by atoms with Crippen LogP contribution in [0.4, 0.5) is 17.1 Å². The molecular weight excluding hydrogens is 546 g/mol. The molecule has 10 heteroatoms. The molecule has 0 spiro atoms. The van der Waals surface area contributed by atoms with Crippen LogP contribution in [0.15, 0.2) is 94.9 Å². The van der Waals surface area contributed by atoms with Crippen LogP contribution >= 0.6 is 23.4 Å². The third-order valence-electron chi connectivity index (χ3n) is 6.06. The molecule has 40 heavy (non-hydrogen) atoms. The van der Waals surface area contributed by atoms with E-state index in [9.17, 15) is 9.59 Å². The number of carbonyl (C=O) groups is 2. The van der Waals surface area contributed by atoms with Crippen molar-refractivity contribution in [2.45, 2.75) is 4.90 Å². The number of halogens is 1. The van der Waals surface area contributed by atoms with Gasteiger partial charge in [-0.05, 0) is 84.6 Å². The number of hydrogen-bond acceptors (Lipinski definition) is 7. The van der Waals surface area contributed by atoms with E-state index in [0.29, 0.717) is 16.5 Å². The molecule has 8 nitrogen and oxygen atoms in total. The number of ether oxygens (including phenoxy) is 1. The van der Waals surface area contributed by atoms with Crippen LogP contribution in [0.3, 0.4) is 0 Å². The monoisotopic (exact) mass is 569 g/mol. The van der Waals surface area contributed by atoms with E-state index in [1.54, 1.807) is 43.1 Å². The highest BCUT2D eigenvalue weighted by Crippen LogP contribution is 2.36. The Morgan fingerprint density at radius 3 is 2.35 bits per heavy atom. The Balaban J connectivity index is 1.29. The maximum absolute atomic E-state index is 12.4. The van der Waals surface area contributed by atoms with E-state index in [-0.39, 0.29) is 0 Å². The lowest BCUT2D eigenvalue weighted by Crippen LogP contribution is -2.32. The number of fused-ring (bicyclic) bond motifs is 2. The van der Waals surface area contributed by atoms with E-state index < -0.39 is 11.8 Å². The standard InChI is InChI=1S/C30H24ClN5O3S/c1-39-22-10-14-26-25(16-22)28(24-13-5-19(31)15-27(24)35-26)33-20-6-8-21(9-7-20)34-29(37)30(38)36-32-17-18-3-11-23(40-2)12-4-18/h3-17H,1-2H3,(H,33,35)(H,34,37)(H,36,38)/b32-17+. The molecule has 0 aliphatic carbocycles. The molecule has 1 heterocycles. The van der Waals surface area contributed by atoms with Crippen LogP contribution in [0.1, 0.15) is 5.56 Å². The first-order chi connectivity index (χ1) is 19.4. The Labute approximate surface area is 239 Å². The fraction of sp³-hybridized carbons (Fsp3) is 0.0667. The average Bonchev–Trinajstić information content (AvgIpc) is 2.97. The minimum atomic E-state index is -0.874. The van der Waals surface area contributed by atoms with Gasteiger partial charge in [0.05, 0.1) is 30.0 Å². The highest BCUT2D eigenvalue weighted by Gasteiger charge is 2.14. The summed E-state index contributed by atoms with van der Waals surface area (Å²) in [6, 6.07) is 25.9. The van der Waals surface area contributed by atoms with Crippen LogP contribution in [0.2, 0.25) is 5.02 Å². The zero-order valence-electron chi connectivity index (χ0n) is 21.6. The quantitative estimate of drug-likeness (QED) is 0.0670. The number of pyridine rings is 1. The predicted octanol–water partition coefficient (Wildman–Crippen LogP) is 6.60. The van der Waals surface area contributed by atoms with Gasteiger partial charge in [-0.3, -0.25) is 9.59 Å². The number of rotatable bonds is 7. The summed E-state index contributed by atoms with van der Waals surface area (Å²) in [5.74, 6) is -0.993. The summed E-state index contributed by atoms with van der Waals surface area (Å²) in [7, 11) is 1.62. The van der Waals surface area contributed by atoms with Gasteiger partial charge in [0.1, 0.15) is 5.75 Å². The van der Waals surface area contributed by atoms with Crippen molar-refractivity contribution in [2.24, 2.45) is 5.10 Å². The van der Waals surface area contributed by atoms with Gasteiger partial charge in [-0.25, -0.2) is 10.4 Å². The van der Waals surface area contributed by atoms with Gasteiger partial charge in [0, 0.05) is 32.1 Å². The fourth-order valence-corrected chi connectivity index (χ4v) is 4.61.